The molecule has 90 valence electrons. The molecule has 1 rings (SSSR count). The van der Waals surface area contributed by atoms with Crippen LogP contribution in [0.2, 0.25) is 5.02 Å². The molecule has 0 unspecified atom stereocenters. The van der Waals surface area contributed by atoms with Crippen LogP contribution in [-0.4, -0.2) is 26.7 Å². The average molecular weight is 243 g/mol. The first-order chi connectivity index (χ1) is 7.72. The van der Waals surface area contributed by atoms with Crippen molar-refractivity contribution in [2.75, 3.05) is 31.6 Å². The highest BCUT2D eigenvalue weighted by molar-refractivity contribution is 6.30. The van der Waals surface area contributed by atoms with E-state index in [1.54, 1.807) is 7.11 Å². The Labute approximate surface area is 102 Å². The summed E-state index contributed by atoms with van der Waals surface area (Å²) >= 11 is 6.00. The zero-order valence-corrected chi connectivity index (χ0v) is 10.6. The Kier molecular flexibility index (Phi) is 5.43. The number of ether oxygens (including phenoxy) is 1. The molecule has 16 heavy (non-hydrogen) atoms. The molecule has 0 aliphatic carbocycles. The number of hydrogen-bond donors (Lipinski definition) is 1. The molecular formula is C12H19ClN2O. The molecule has 0 amide bonds. The molecule has 1 aromatic carbocycles. The standard InChI is InChI=1S/C12H19ClN2O/c1-3-7-15(8-6-14)11-9-10(13)4-5-12(11)16-2/h4-5,9H,3,6-8,14H2,1-2H3. The molecule has 0 spiro atoms. The summed E-state index contributed by atoms with van der Waals surface area (Å²) in [4.78, 5) is 2.20. The highest BCUT2D eigenvalue weighted by Crippen LogP contribution is 2.31. The number of hydrogen-bond acceptors (Lipinski definition) is 3. The first-order valence-corrected chi connectivity index (χ1v) is 5.89. The van der Waals surface area contributed by atoms with Crippen molar-refractivity contribution in [3.63, 3.8) is 0 Å². The molecular weight excluding hydrogens is 224 g/mol. The fourth-order valence-electron chi connectivity index (χ4n) is 1.69. The summed E-state index contributed by atoms with van der Waals surface area (Å²) in [5.41, 5.74) is 6.63. The summed E-state index contributed by atoms with van der Waals surface area (Å²) in [6.07, 6.45) is 1.07. The van der Waals surface area contributed by atoms with Crippen molar-refractivity contribution in [3.8, 4) is 5.75 Å². The molecule has 2 N–H and O–H groups in total. The summed E-state index contributed by atoms with van der Waals surface area (Å²) in [7, 11) is 1.67. The first-order valence-electron chi connectivity index (χ1n) is 5.51. The molecule has 1 aromatic rings. The van der Waals surface area contributed by atoms with E-state index in [1.165, 1.54) is 0 Å². The van der Waals surface area contributed by atoms with E-state index in [4.69, 9.17) is 22.1 Å². The van der Waals surface area contributed by atoms with E-state index in [9.17, 15) is 0 Å². The largest absolute Gasteiger partial charge is 0.495 e. The van der Waals surface area contributed by atoms with Gasteiger partial charge >= 0.3 is 0 Å². The zero-order valence-electron chi connectivity index (χ0n) is 9.87. The quantitative estimate of drug-likeness (QED) is 0.833. The van der Waals surface area contributed by atoms with Crippen LogP contribution in [0.4, 0.5) is 5.69 Å². The molecule has 4 heteroatoms. The normalized spacial score (nSPS) is 10.2. The lowest BCUT2D eigenvalue weighted by molar-refractivity contribution is 0.414. The van der Waals surface area contributed by atoms with Gasteiger partial charge in [-0.15, -0.1) is 0 Å². The smallest absolute Gasteiger partial charge is 0.142 e. The maximum absolute atomic E-state index is 6.00. The maximum atomic E-state index is 6.00. The van der Waals surface area contributed by atoms with Gasteiger partial charge in [0.2, 0.25) is 0 Å². The third-order valence-electron chi connectivity index (χ3n) is 2.37. The van der Waals surface area contributed by atoms with Crippen molar-refractivity contribution in [1.82, 2.24) is 0 Å². The van der Waals surface area contributed by atoms with Gasteiger partial charge in [-0.3, -0.25) is 0 Å². The van der Waals surface area contributed by atoms with Crippen LogP contribution in [0, 0.1) is 0 Å². The Morgan fingerprint density at radius 2 is 2.12 bits per heavy atom. The Morgan fingerprint density at radius 3 is 2.69 bits per heavy atom. The minimum atomic E-state index is 0.621. The van der Waals surface area contributed by atoms with Gasteiger partial charge in [-0.2, -0.15) is 0 Å². The molecule has 0 atom stereocenters. The zero-order chi connectivity index (χ0) is 12.0. The lowest BCUT2D eigenvalue weighted by atomic mass is 10.2. The highest BCUT2D eigenvalue weighted by atomic mass is 35.5. The van der Waals surface area contributed by atoms with Crippen LogP contribution >= 0.6 is 11.6 Å². The second kappa shape index (κ2) is 6.61. The van der Waals surface area contributed by atoms with Gasteiger partial charge in [0.05, 0.1) is 12.8 Å². The van der Waals surface area contributed by atoms with E-state index in [-0.39, 0.29) is 0 Å². The van der Waals surface area contributed by atoms with Gasteiger partial charge in [-0.05, 0) is 24.6 Å². The van der Waals surface area contributed by atoms with Crippen LogP contribution in [-0.2, 0) is 0 Å². The van der Waals surface area contributed by atoms with Crippen LogP contribution in [0.25, 0.3) is 0 Å². The lowest BCUT2D eigenvalue weighted by Gasteiger charge is -2.25. The number of methoxy groups -OCH3 is 1. The van der Waals surface area contributed by atoms with E-state index in [0.29, 0.717) is 11.6 Å². The number of nitrogens with two attached hydrogens (primary N) is 1. The summed E-state index contributed by atoms with van der Waals surface area (Å²) in [6, 6.07) is 5.64. The van der Waals surface area contributed by atoms with Gasteiger partial charge in [0, 0.05) is 24.7 Å². The van der Waals surface area contributed by atoms with Crippen molar-refractivity contribution in [3.05, 3.63) is 23.2 Å². The van der Waals surface area contributed by atoms with E-state index < -0.39 is 0 Å². The van der Waals surface area contributed by atoms with Crippen LogP contribution in [0.5, 0.6) is 5.75 Å². The van der Waals surface area contributed by atoms with Crippen LogP contribution < -0.4 is 15.4 Å². The Bertz CT molecular complexity index is 325. The third-order valence-corrected chi connectivity index (χ3v) is 2.61. The summed E-state index contributed by atoms with van der Waals surface area (Å²) in [5, 5.41) is 0.717. The van der Waals surface area contributed by atoms with E-state index in [2.05, 4.69) is 11.8 Å². The van der Waals surface area contributed by atoms with E-state index in [1.807, 2.05) is 18.2 Å². The molecule has 0 aromatic heterocycles. The van der Waals surface area contributed by atoms with Crippen molar-refractivity contribution in [2.24, 2.45) is 5.73 Å². The minimum Gasteiger partial charge on any atom is -0.495 e. The summed E-state index contributed by atoms with van der Waals surface area (Å²) in [5.74, 6) is 0.839. The number of nitrogens with zero attached hydrogens (tertiary/aromatic N) is 1. The topological polar surface area (TPSA) is 38.5 Å². The molecule has 3 nitrogen and oxygen atoms in total. The number of halogens is 1. The molecule has 0 saturated carbocycles. The Hall–Kier alpha value is -0.930. The van der Waals surface area contributed by atoms with E-state index >= 15 is 0 Å². The summed E-state index contributed by atoms with van der Waals surface area (Å²) in [6.45, 7) is 4.52. The van der Waals surface area contributed by atoms with Crippen molar-refractivity contribution in [2.45, 2.75) is 13.3 Å². The lowest BCUT2D eigenvalue weighted by Crippen LogP contribution is -2.30. The molecule has 0 fully saturated rings. The predicted octanol–water partition coefficient (Wildman–Crippen LogP) is 2.52. The van der Waals surface area contributed by atoms with Gasteiger partial charge in [0.25, 0.3) is 0 Å². The second-order valence-corrected chi connectivity index (χ2v) is 4.03. The molecule has 0 radical (unpaired) electrons. The number of rotatable bonds is 6. The highest BCUT2D eigenvalue weighted by Gasteiger charge is 2.11. The number of anilines is 1. The Morgan fingerprint density at radius 1 is 1.38 bits per heavy atom. The van der Waals surface area contributed by atoms with E-state index in [0.717, 1.165) is 30.9 Å². The predicted molar refractivity (Wildman–Crippen MR) is 69.6 cm³/mol. The molecule has 0 saturated heterocycles. The fraction of sp³-hybridized carbons (Fsp3) is 0.500. The average Bonchev–Trinajstić information content (AvgIpc) is 2.29. The van der Waals surface area contributed by atoms with Gasteiger partial charge in [0.15, 0.2) is 0 Å². The molecule has 0 heterocycles. The SMILES string of the molecule is CCCN(CCN)c1cc(Cl)ccc1OC. The first kappa shape index (κ1) is 13.1. The molecule has 0 aliphatic rings. The Balaban J connectivity index is 3.00. The van der Waals surface area contributed by atoms with Gasteiger partial charge in [-0.1, -0.05) is 18.5 Å². The third kappa shape index (κ3) is 3.29. The van der Waals surface area contributed by atoms with Crippen LogP contribution in [0.1, 0.15) is 13.3 Å². The van der Waals surface area contributed by atoms with Gasteiger partial charge < -0.3 is 15.4 Å². The van der Waals surface area contributed by atoms with Crippen LogP contribution in [0.3, 0.4) is 0 Å². The molecule has 0 aliphatic heterocycles. The van der Waals surface area contributed by atoms with Crippen molar-refractivity contribution in [1.29, 1.82) is 0 Å². The van der Waals surface area contributed by atoms with Gasteiger partial charge in [-0.25, -0.2) is 0 Å². The minimum absolute atomic E-state index is 0.621. The monoisotopic (exact) mass is 242 g/mol. The fourth-order valence-corrected chi connectivity index (χ4v) is 1.86. The summed E-state index contributed by atoms with van der Waals surface area (Å²) < 4.78 is 5.33. The van der Waals surface area contributed by atoms with Crippen molar-refractivity contribution >= 4 is 17.3 Å². The van der Waals surface area contributed by atoms with Crippen molar-refractivity contribution < 1.29 is 4.74 Å². The number of benzene rings is 1. The molecule has 0 bridgehead atoms. The van der Waals surface area contributed by atoms with Gasteiger partial charge in [0.1, 0.15) is 5.75 Å². The van der Waals surface area contributed by atoms with Crippen LogP contribution in [0.15, 0.2) is 18.2 Å². The maximum Gasteiger partial charge on any atom is 0.142 e. The second-order valence-electron chi connectivity index (χ2n) is 3.59.